The van der Waals surface area contributed by atoms with Crippen molar-refractivity contribution in [2.24, 2.45) is 5.92 Å². The fraction of sp³-hybridized carbons (Fsp3) is 0.364. The number of methoxy groups -OCH3 is 1. The molecule has 1 aliphatic rings. The quantitative estimate of drug-likeness (QED) is 0.789. The summed E-state index contributed by atoms with van der Waals surface area (Å²) < 4.78 is 4.96. The standard InChI is InChI=1S/C22H25ClN2O3/c1-28-13-10-21(26)25-11-8-16(9-12-25)22(27)24-20-7-3-5-18(15-20)17-4-2-6-19(23)14-17/h2-7,14-16H,8-13H2,1H3,(H,24,27). The predicted molar refractivity (Wildman–Crippen MR) is 111 cm³/mol. The van der Waals surface area contributed by atoms with Gasteiger partial charge in [0.15, 0.2) is 0 Å². The zero-order valence-corrected chi connectivity index (χ0v) is 16.7. The van der Waals surface area contributed by atoms with E-state index in [4.69, 9.17) is 16.3 Å². The number of rotatable bonds is 6. The number of nitrogens with one attached hydrogen (secondary N) is 1. The molecule has 0 unspecified atom stereocenters. The fourth-order valence-electron chi connectivity index (χ4n) is 3.43. The molecule has 2 aromatic carbocycles. The summed E-state index contributed by atoms with van der Waals surface area (Å²) in [6, 6.07) is 15.4. The summed E-state index contributed by atoms with van der Waals surface area (Å²) in [6.07, 6.45) is 1.75. The van der Waals surface area contributed by atoms with Crippen LogP contribution in [0.1, 0.15) is 19.3 Å². The highest BCUT2D eigenvalue weighted by Crippen LogP contribution is 2.26. The van der Waals surface area contributed by atoms with Crippen LogP contribution in [0, 0.1) is 5.92 Å². The maximum Gasteiger partial charge on any atom is 0.227 e. The van der Waals surface area contributed by atoms with E-state index in [1.54, 1.807) is 7.11 Å². The predicted octanol–water partition coefficient (Wildman–Crippen LogP) is 4.22. The Hall–Kier alpha value is -2.37. The number of hydrogen-bond donors (Lipinski definition) is 1. The van der Waals surface area contributed by atoms with Crippen molar-refractivity contribution in [2.45, 2.75) is 19.3 Å². The first kappa shape index (κ1) is 20.4. The molecule has 6 heteroatoms. The molecule has 1 fully saturated rings. The number of halogens is 1. The van der Waals surface area contributed by atoms with E-state index in [9.17, 15) is 9.59 Å². The third-order valence-electron chi connectivity index (χ3n) is 5.03. The molecule has 28 heavy (non-hydrogen) atoms. The number of benzene rings is 2. The van der Waals surface area contributed by atoms with Crippen molar-refractivity contribution < 1.29 is 14.3 Å². The van der Waals surface area contributed by atoms with Crippen LogP contribution in [0.3, 0.4) is 0 Å². The number of anilines is 1. The zero-order valence-electron chi connectivity index (χ0n) is 16.0. The summed E-state index contributed by atoms with van der Waals surface area (Å²) in [5.41, 5.74) is 2.77. The number of nitrogens with zero attached hydrogens (tertiary/aromatic N) is 1. The van der Waals surface area contributed by atoms with Gasteiger partial charge in [-0.1, -0.05) is 35.9 Å². The summed E-state index contributed by atoms with van der Waals surface area (Å²) in [5.74, 6) is 0.0171. The van der Waals surface area contributed by atoms with E-state index in [1.165, 1.54) is 0 Å². The average molecular weight is 401 g/mol. The normalized spacial score (nSPS) is 14.7. The summed E-state index contributed by atoms with van der Waals surface area (Å²) >= 11 is 6.08. The molecular weight excluding hydrogens is 376 g/mol. The van der Waals surface area contributed by atoms with Gasteiger partial charge < -0.3 is 15.0 Å². The smallest absolute Gasteiger partial charge is 0.227 e. The van der Waals surface area contributed by atoms with E-state index in [2.05, 4.69) is 5.32 Å². The van der Waals surface area contributed by atoms with Gasteiger partial charge in [0.05, 0.1) is 13.0 Å². The largest absolute Gasteiger partial charge is 0.384 e. The Balaban J connectivity index is 1.57. The van der Waals surface area contributed by atoms with Gasteiger partial charge in [0.1, 0.15) is 0 Å². The van der Waals surface area contributed by atoms with E-state index < -0.39 is 0 Å². The first-order chi connectivity index (χ1) is 13.6. The van der Waals surface area contributed by atoms with Crippen molar-refractivity contribution >= 4 is 29.1 Å². The molecule has 1 N–H and O–H groups in total. The second-order valence-electron chi connectivity index (χ2n) is 6.98. The van der Waals surface area contributed by atoms with Gasteiger partial charge in [-0.15, -0.1) is 0 Å². The Morgan fingerprint density at radius 2 is 1.79 bits per heavy atom. The van der Waals surface area contributed by atoms with Gasteiger partial charge in [0.2, 0.25) is 11.8 Å². The molecule has 1 heterocycles. The van der Waals surface area contributed by atoms with Gasteiger partial charge in [-0.05, 0) is 48.2 Å². The lowest BCUT2D eigenvalue weighted by atomic mass is 9.95. The van der Waals surface area contributed by atoms with Crippen LogP contribution in [0.4, 0.5) is 5.69 Å². The summed E-state index contributed by atoms with van der Waals surface area (Å²) in [6.45, 7) is 1.66. The summed E-state index contributed by atoms with van der Waals surface area (Å²) in [7, 11) is 1.59. The second-order valence-corrected chi connectivity index (χ2v) is 7.41. The summed E-state index contributed by atoms with van der Waals surface area (Å²) in [5, 5.41) is 3.70. The Morgan fingerprint density at radius 3 is 2.46 bits per heavy atom. The second kappa shape index (κ2) is 9.71. The minimum absolute atomic E-state index is 0.00670. The van der Waals surface area contributed by atoms with Crippen molar-refractivity contribution in [2.75, 3.05) is 32.1 Å². The molecule has 1 saturated heterocycles. The van der Waals surface area contributed by atoms with Crippen LogP contribution in [-0.2, 0) is 14.3 Å². The Morgan fingerprint density at radius 1 is 1.11 bits per heavy atom. The van der Waals surface area contributed by atoms with Crippen LogP contribution < -0.4 is 5.32 Å². The molecule has 0 spiro atoms. The third kappa shape index (κ3) is 5.33. The van der Waals surface area contributed by atoms with Crippen molar-refractivity contribution in [3.05, 3.63) is 53.6 Å². The molecule has 0 atom stereocenters. The third-order valence-corrected chi connectivity index (χ3v) is 5.26. The molecule has 148 valence electrons. The molecule has 0 aromatic heterocycles. The molecule has 0 aliphatic carbocycles. The number of carbonyl (C=O) groups excluding carboxylic acids is 2. The molecule has 0 bridgehead atoms. The monoisotopic (exact) mass is 400 g/mol. The highest BCUT2D eigenvalue weighted by molar-refractivity contribution is 6.30. The van der Waals surface area contributed by atoms with Crippen LogP contribution in [0.2, 0.25) is 5.02 Å². The molecular formula is C22H25ClN2O3. The zero-order chi connectivity index (χ0) is 19.9. The van der Waals surface area contributed by atoms with Gasteiger partial charge in [-0.3, -0.25) is 9.59 Å². The molecule has 5 nitrogen and oxygen atoms in total. The van der Waals surface area contributed by atoms with Gasteiger partial charge >= 0.3 is 0 Å². The topological polar surface area (TPSA) is 58.6 Å². The van der Waals surface area contributed by atoms with Crippen LogP contribution in [0.15, 0.2) is 48.5 Å². The minimum Gasteiger partial charge on any atom is -0.384 e. The first-order valence-electron chi connectivity index (χ1n) is 9.50. The Bertz CT molecular complexity index is 832. The number of hydrogen-bond acceptors (Lipinski definition) is 3. The SMILES string of the molecule is COCCC(=O)N1CCC(C(=O)Nc2cccc(-c3cccc(Cl)c3)c2)CC1. The van der Waals surface area contributed by atoms with Crippen molar-refractivity contribution in [1.82, 2.24) is 4.90 Å². The van der Waals surface area contributed by atoms with Gasteiger partial charge in [0.25, 0.3) is 0 Å². The van der Waals surface area contributed by atoms with Crippen LogP contribution in [0.25, 0.3) is 11.1 Å². The van der Waals surface area contributed by atoms with Gasteiger partial charge in [-0.2, -0.15) is 0 Å². The van der Waals surface area contributed by atoms with Crippen molar-refractivity contribution in [1.29, 1.82) is 0 Å². The average Bonchev–Trinajstić information content (AvgIpc) is 2.72. The van der Waals surface area contributed by atoms with E-state index >= 15 is 0 Å². The van der Waals surface area contributed by atoms with Gasteiger partial charge in [0, 0.05) is 36.8 Å². The molecule has 2 amide bonds. The maximum absolute atomic E-state index is 12.7. The van der Waals surface area contributed by atoms with E-state index in [0.29, 0.717) is 44.0 Å². The first-order valence-corrected chi connectivity index (χ1v) is 9.88. The Kier molecular flexibility index (Phi) is 7.06. The highest BCUT2D eigenvalue weighted by Gasteiger charge is 2.27. The van der Waals surface area contributed by atoms with Crippen molar-refractivity contribution in [3.8, 4) is 11.1 Å². The Labute approximate surface area is 170 Å². The fourth-order valence-corrected chi connectivity index (χ4v) is 3.62. The van der Waals surface area contributed by atoms with Crippen molar-refractivity contribution in [3.63, 3.8) is 0 Å². The van der Waals surface area contributed by atoms with E-state index in [0.717, 1.165) is 16.8 Å². The van der Waals surface area contributed by atoms with E-state index in [1.807, 2.05) is 53.4 Å². The minimum atomic E-state index is -0.0821. The number of likely N-dealkylation sites (tertiary alicyclic amines) is 1. The number of ether oxygens (including phenoxy) is 1. The molecule has 1 aliphatic heterocycles. The number of piperidine rings is 1. The molecule has 3 rings (SSSR count). The van der Waals surface area contributed by atoms with Crippen LogP contribution >= 0.6 is 11.6 Å². The highest BCUT2D eigenvalue weighted by atomic mass is 35.5. The number of carbonyl (C=O) groups is 2. The molecule has 2 aromatic rings. The summed E-state index contributed by atoms with van der Waals surface area (Å²) in [4.78, 5) is 26.5. The van der Waals surface area contributed by atoms with Gasteiger partial charge in [-0.25, -0.2) is 0 Å². The lowest BCUT2D eigenvalue weighted by Crippen LogP contribution is -2.41. The van der Waals surface area contributed by atoms with Crippen LogP contribution in [-0.4, -0.2) is 43.5 Å². The maximum atomic E-state index is 12.7. The molecule has 0 saturated carbocycles. The van der Waals surface area contributed by atoms with Crippen LogP contribution in [0.5, 0.6) is 0 Å². The lowest BCUT2D eigenvalue weighted by molar-refractivity contribution is -0.135. The molecule has 0 radical (unpaired) electrons. The lowest BCUT2D eigenvalue weighted by Gasteiger charge is -2.31. The number of amides is 2. The van der Waals surface area contributed by atoms with E-state index in [-0.39, 0.29) is 17.7 Å².